The summed E-state index contributed by atoms with van der Waals surface area (Å²) < 4.78 is 0. The molecule has 0 spiro atoms. The van der Waals surface area contributed by atoms with Crippen molar-refractivity contribution in [2.75, 3.05) is 0 Å². The number of benzene rings is 2. The summed E-state index contributed by atoms with van der Waals surface area (Å²) in [5, 5.41) is 2.68. The predicted molar refractivity (Wildman–Crippen MR) is 55.8 cm³/mol. The highest BCUT2D eigenvalue weighted by molar-refractivity contribution is 5.85. The van der Waals surface area contributed by atoms with Crippen molar-refractivity contribution in [3.63, 3.8) is 0 Å². The highest BCUT2D eigenvalue weighted by Crippen LogP contribution is 2.16. The molecule has 0 atom stereocenters. The van der Waals surface area contributed by atoms with Gasteiger partial charge in [-0.2, -0.15) is 0 Å². The maximum atomic E-state index is 8.00. The molecule has 0 unspecified atom stereocenters. The van der Waals surface area contributed by atoms with Crippen LogP contribution in [0.5, 0.6) is 0 Å². The molecule has 0 N–H and O–H groups in total. The van der Waals surface area contributed by atoms with Crippen LogP contribution in [-0.4, -0.2) is 6.79 Å². The summed E-state index contributed by atoms with van der Waals surface area (Å²) in [6.07, 6.45) is 0. The fourth-order valence-electron chi connectivity index (χ4n) is 1.39. The standard InChI is InChI=1S/C11H10.CH2O/c1-9-5-4-7-10-6-2-3-8-11(9)10;1-2/h2-8H,1H3;1H2. The Balaban J connectivity index is 0.000000396. The first-order valence-corrected chi connectivity index (χ1v) is 4.11. The van der Waals surface area contributed by atoms with Crippen LogP contribution in [0.2, 0.25) is 0 Å². The summed E-state index contributed by atoms with van der Waals surface area (Å²) in [5.41, 5.74) is 1.35. The molecule has 0 saturated carbocycles. The Kier molecular flexibility index (Phi) is 3.21. The van der Waals surface area contributed by atoms with Crippen LogP contribution in [0.3, 0.4) is 0 Å². The number of fused-ring (bicyclic) bond motifs is 1. The van der Waals surface area contributed by atoms with Crippen molar-refractivity contribution < 1.29 is 4.79 Å². The summed E-state index contributed by atoms with van der Waals surface area (Å²) in [4.78, 5) is 8.00. The number of hydrogen-bond acceptors (Lipinski definition) is 1. The predicted octanol–water partition coefficient (Wildman–Crippen LogP) is 2.96. The molecule has 0 aliphatic carbocycles. The minimum absolute atomic E-state index is 1.33. The number of rotatable bonds is 0. The molecule has 13 heavy (non-hydrogen) atoms. The van der Waals surface area contributed by atoms with Crippen LogP contribution in [0.4, 0.5) is 0 Å². The Bertz CT molecular complexity index is 388. The van der Waals surface area contributed by atoms with Crippen molar-refractivity contribution >= 4 is 17.6 Å². The van der Waals surface area contributed by atoms with Crippen molar-refractivity contribution in [1.82, 2.24) is 0 Å². The van der Waals surface area contributed by atoms with Gasteiger partial charge in [0.05, 0.1) is 0 Å². The lowest BCUT2D eigenvalue weighted by atomic mass is 10.1. The lowest BCUT2D eigenvalue weighted by Gasteiger charge is -1.98. The Hall–Kier alpha value is -1.63. The molecule has 0 aliphatic heterocycles. The number of hydrogen-bond donors (Lipinski definition) is 0. The summed E-state index contributed by atoms with van der Waals surface area (Å²) in [7, 11) is 0. The zero-order chi connectivity index (χ0) is 9.68. The van der Waals surface area contributed by atoms with Crippen molar-refractivity contribution in [2.45, 2.75) is 6.92 Å². The van der Waals surface area contributed by atoms with E-state index in [1.165, 1.54) is 16.3 Å². The van der Waals surface area contributed by atoms with E-state index in [9.17, 15) is 0 Å². The quantitative estimate of drug-likeness (QED) is 0.597. The first kappa shape index (κ1) is 9.46. The zero-order valence-corrected chi connectivity index (χ0v) is 7.66. The van der Waals surface area contributed by atoms with Crippen LogP contribution in [0, 0.1) is 6.92 Å². The molecule has 0 aliphatic rings. The van der Waals surface area contributed by atoms with Crippen molar-refractivity contribution in [3.8, 4) is 0 Å². The summed E-state index contributed by atoms with van der Waals surface area (Å²) in [5.74, 6) is 0. The summed E-state index contributed by atoms with van der Waals surface area (Å²) >= 11 is 0. The van der Waals surface area contributed by atoms with Gasteiger partial charge in [-0.25, -0.2) is 0 Å². The van der Waals surface area contributed by atoms with E-state index >= 15 is 0 Å². The Morgan fingerprint density at radius 1 is 0.923 bits per heavy atom. The van der Waals surface area contributed by atoms with Gasteiger partial charge in [0.1, 0.15) is 6.79 Å². The van der Waals surface area contributed by atoms with E-state index in [1.54, 1.807) is 0 Å². The van der Waals surface area contributed by atoms with E-state index in [0.717, 1.165) is 0 Å². The van der Waals surface area contributed by atoms with Gasteiger partial charge >= 0.3 is 0 Å². The van der Waals surface area contributed by atoms with Crippen LogP contribution in [0.25, 0.3) is 10.8 Å². The first-order valence-electron chi connectivity index (χ1n) is 4.11. The van der Waals surface area contributed by atoms with Gasteiger partial charge in [0.25, 0.3) is 0 Å². The maximum Gasteiger partial charge on any atom is 0.106 e. The number of aryl methyl sites for hydroxylation is 1. The van der Waals surface area contributed by atoms with Crippen molar-refractivity contribution in [2.24, 2.45) is 0 Å². The van der Waals surface area contributed by atoms with Gasteiger partial charge in [0.2, 0.25) is 0 Å². The summed E-state index contributed by atoms with van der Waals surface area (Å²) in [6, 6.07) is 14.8. The average Bonchev–Trinajstić information content (AvgIpc) is 2.22. The van der Waals surface area contributed by atoms with E-state index in [2.05, 4.69) is 49.4 Å². The second-order valence-electron chi connectivity index (χ2n) is 2.80. The smallest absolute Gasteiger partial charge is 0.106 e. The molecule has 0 radical (unpaired) electrons. The second kappa shape index (κ2) is 4.41. The average molecular weight is 172 g/mol. The molecule has 0 fully saturated rings. The third-order valence-corrected chi connectivity index (χ3v) is 2.01. The molecule has 66 valence electrons. The van der Waals surface area contributed by atoms with Gasteiger partial charge in [-0.05, 0) is 23.3 Å². The first-order chi connectivity index (χ1) is 6.38. The maximum absolute atomic E-state index is 8.00. The molecule has 2 rings (SSSR count). The van der Waals surface area contributed by atoms with Crippen LogP contribution in [0.15, 0.2) is 42.5 Å². The largest absolute Gasteiger partial charge is 0.307 e. The zero-order valence-electron chi connectivity index (χ0n) is 7.66. The third-order valence-electron chi connectivity index (χ3n) is 2.01. The fourth-order valence-corrected chi connectivity index (χ4v) is 1.39. The topological polar surface area (TPSA) is 17.1 Å². The molecular weight excluding hydrogens is 160 g/mol. The number of carbonyl (C=O) groups is 1. The van der Waals surface area contributed by atoms with E-state index < -0.39 is 0 Å². The van der Waals surface area contributed by atoms with Gasteiger partial charge in [-0.3, -0.25) is 0 Å². The highest BCUT2D eigenvalue weighted by atomic mass is 16.1. The molecule has 1 nitrogen and oxygen atoms in total. The van der Waals surface area contributed by atoms with Gasteiger partial charge in [-0.15, -0.1) is 0 Å². The second-order valence-corrected chi connectivity index (χ2v) is 2.80. The van der Waals surface area contributed by atoms with Gasteiger partial charge in [0.15, 0.2) is 0 Å². The Morgan fingerprint density at radius 3 is 2.23 bits per heavy atom. The lowest BCUT2D eigenvalue weighted by molar-refractivity contribution is -0.0979. The Labute approximate surface area is 78.0 Å². The number of carbonyl (C=O) groups excluding carboxylic acids is 1. The third kappa shape index (κ3) is 1.94. The highest BCUT2D eigenvalue weighted by Gasteiger charge is 1.91. The van der Waals surface area contributed by atoms with Crippen LogP contribution in [-0.2, 0) is 4.79 Å². The van der Waals surface area contributed by atoms with Crippen molar-refractivity contribution in [3.05, 3.63) is 48.0 Å². The van der Waals surface area contributed by atoms with Crippen LogP contribution >= 0.6 is 0 Å². The van der Waals surface area contributed by atoms with E-state index in [0.29, 0.717) is 0 Å². The molecule has 2 aromatic rings. The van der Waals surface area contributed by atoms with Gasteiger partial charge in [0, 0.05) is 0 Å². The lowest BCUT2D eigenvalue weighted by Crippen LogP contribution is -1.75. The SMILES string of the molecule is C=O.Cc1cccc2ccccc12. The van der Waals surface area contributed by atoms with Gasteiger partial charge in [-0.1, -0.05) is 42.5 Å². The van der Waals surface area contributed by atoms with Gasteiger partial charge < -0.3 is 4.79 Å². The van der Waals surface area contributed by atoms with Crippen LogP contribution < -0.4 is 0 Å². The van der Waals surface area contributed by atoms with Crippen molar-refractivity contribution in [1.29, 1.82) is 0 Å². The minimum atomic E-state index is 1.33. The molecule has 0 bridgehead atoms. The minimum Gasteiger partial charge on any atom is -0.307 e. The summed E-state index contributed by atoms with van der Waals surface area (Å²) in [6.45, 7) is 4.14. The molecule has 0 aromatic heterocycles. The Morgan fingerprint density at radius 2 is 1.54 bits per heavy atom. The molecular formula is C12H12O. The fraction of sp³-hybridized carbons (Fsp3) is 0.0833. The van der Waals surface area contributed by atoms with Crippen LogP contribution in [0.1, 0.15) is 5.56 Å². The monoisotopic (exact) mass is 172 g/mol. The molecule has 1 heteroatoms. The molecule has 0 saturated heterocycles. The molecule has 0 heterocycles. The molecule has 0 amide bonds. The van der Waals surface area contributed by atoms with E-state index in [-0.39, 0.29) is 0 Å². The normalized spacial score (nSPS) is 9.00. The van der Waals surface area contributed by atoms with E-state index in [4.69, 9.17) is 4.79 Å². The van der Waals surface area contributed by atoms with E-state index in [1.807, 2.05) is 6.79 Å². The molecule has 2 aromatic carbocycles.